The molecular formula is C6H7N3O3S. The Hall–Kier alpha value is -1.34. The van der Waals surface area contributed by atoms with Crippen molar-refractivity contribution in [1.29, 1.82) is 0 Å². The summed E-state index contributed by atoms with van der Waals surface area (Å²) in [4.78, 5) is 17.9. The highest BCUT2D eigenvalue weighted by Gasteiger charge is 2.04. The van der Waals surface area contributed by atoms with Gasteiger partial charge in [0, 0.05) is 12.4 Å². The summed E-state index contributed by atoms with van der Waals surface area (Å²) in [6.45, 7) is 0. The van der Waals surface area contributed by atoms with E-state index in [1.807, 2.05) is 0 Å². The van der Waals surface area contributed by atoms with Crippen molar-refractivity contribution in [3.63, 3.8) is 0 Å². The van der Waals surface area contributed by atoms with E-state index in [9.17, 15) is 9.00 Å². The Morgan fingerprint density at radius 3 is 2.46 bits per heavy atom. The zero-order chi connectivity index (χ0) is 9.84. The first-order valence-electron chi connectivity index (χ1n) is 3.28. The number of nitrogens with two attached hydrogens (primary N) is 1. The molecule has 6 nitrogen and oxygen atoms in total. The van der Waals surface area contributed by atoms with E-state index in [4.69, 9.17) is 10.3 Å². The number of hydrogen-bond donors (Lipinski definition) is 2. The Balaban J connectivity index is 2.81. The zero-order valence-electron chi connectivity index (χ0n) is 6.51. The molecule has 0 spiro atoms. The summed E-state index contributed by atoms with van der Waals surface area (Å²) < 4.78 is 18.8. The molecule has 0 aliphatic carbocycles. The molecule has 1 amide bonds. The van der Waals surface area contributed by atoms with Crippen LogP contribution in [0.15, 0.2) is 12.4 Å². The number of amides is 1. The molecule has 0 saturated heterocycles. The number of aromatic nitrogens is 2. The second kappa shape index (κ2) is 4.06. The van der Waals surface area contributed by atoms with Crippen molar-refractivity contribution in [3.05, 3.63) is 23.8 Å². The lowest BCUT2D eigenvalue weighted by Crippen LogP contribution is -2.12. The van der Waals surface area contributed by atoms with Crippen LogP contribution < -0.4 is 5.73 Å². The van der Waals surface area contributed by atoms with E-state index in [1.54, 1.807) is 0 Å². The Kier molecular flexibility index (Phi) is 3.04. The van der Waals surface area contributed by atoms with E-state index in [0.717, 1.165) is 0 Å². The summed E-state index contributed by atoms with van der Waals surface area (Å²) in [7, 11) is 0. The topological polar surface area (TPSA) is 106 Å². The van der Waals surface area contributed by atoms with Crippen LogP contribution in [0.2, 0.25) is 0 Å². The molecule has 1 rings (SSSR count). The van der Waals surface area contributed by atoms with E-state index in [0.29, 0.717) is 0 Å². The number of carbonyl (C=O) groups excluding carboxylic acids is 1. The Bertz CT molecular complexity index is 337. The van der Waals surface area contributed by atoms with E-state index >= 15 is 0 Å². The van der Waals surface area contributed by atoms with Crippen LogP contribution in [0, 0.1) is 0 Å². The lowest BCUT2D eigenvalue weighted by Gasteiger charge is -1.96. The molecule has 0 aromatic carbocycles. The summed E-state index contributed by atoms with van der Waals surface area (Å²) >= 11 is -1.98. The molecule has 7 heteroatoms. The van der Waals surface area contributed by atoms with Crippen LogP contribution in [-0.4, -0.2) is 24.6 Å². The van der Waals surface area contributed by atoms with Gasteiger partial charge in [0.15, 0.2) is 11.1 Å². The summed E-state index contributed by atoms with van der Waals surface area (Å²) in [6, 6.07) is 0. The van der Waals surface area contributed by atoms with Crippen molar-refractivity contribution in [2.75, 3.05) is 0 Å². The second-order valence-electron chi connectivity index (χ2n) is 2.22. The first-order chi connectivity index (χ1) is 6.09. The molecule has 0 radical (unpaired) electrons. The molecule has 1 heterocycles. The average Bonchev–Trinajstić information content (AvgIpc) is 2.04. The summed E-state index contributed by atoms with van der Waals surface area (Å²) in [6.07, 6.45) is 2.44. The van der Waals surface area contributed by atoms with E-state index < -0.39 is 17.0 Å². The molecule has 70 valence electrons. The third kappa shape index (κ3) is 2.88. The van der Waals surface area contributed by atoms with E-state index in [-0.39, 0.29) is 17.1 Å². The molecule has 0 bridgehead atoms. The summed E-state index contributed by atoms with van der Waals surface area (Å²) in [5, 5.41) is 0. The highest BCUT2D eigenvalue weighted by Crippen LogP contribution is 1.96. The fourth-order valence-corrected chi connectivity index (χ4v) is 1.04. The first kappa shape index (κ1) is 9.75. The van der Waals surface area contributed by atoms with Gasteiger partial charge in [0.25, 0.3) is 5.91 Å². The highest BCUT2D eigenvalue weighted by molar-refractivity contribution is 7.78. The SMILES string of the molecule is NC(=O)c1cnc(CS(=O)O)nc1. The number of rotatable bonds is 3. The van der Waals surface area contributed by atoms with Crippen LogP contribution in [-0.2, 0) is 16.8 Å². The number of nitrogens with zero attached hydrogens (tertiary/aromatic N) is 2. The predicted octanol–water partition coefficient (Wildman–Crippen LogP) is -0.703. The minimum atomic E-state index is -1.98. The van der Waals surface area contributed by atoms with E-state index in [1.165, 1.54) is 12.4 Å². The first-order valence-corrected chi connectivity index (χ1v) is 4.55. The normalized spacial score (nSPS) is 12.4. The molecule has 13 heavy (non-hydrogen) atoms. The Morgan fingerprint density at radius 2 is 2.08 bits per heavy atom. The van der Waals surface area contributed by atoms with Gasteiger partial charge in [0.05, 0.1) is 5.56 Å². The maximum Gasteiger partial charge on any atom is 0.251 e. The van der Waals surface area contributed by atoms with Crippen LogP contribution in [0.5, 0.6) is 0 Å². The van der Waals surface area contributed by atoms with Gasteiger partial charge in [-0.05, 0) is 0 Å². The third-order valence-electron chi connectivity index (χ3n) is 1.24. The summed E-state index contributed by atoms with van der Waals surface area (Å²) in [5.74, 6) is -0.582. The molecular weight excluding hydrogens is 194 g/mol. The predicted molar refractivity (Wildman–Crippen MR) is 45.0 cm³/mol. The largest absolute Gasteiger partial charge is 0.366 e. The lowest BCUT2D eigenvalue weighted by atomic mass is 10.3. The molecule has 1 unspecified atom stereocenters. The molecule has 1 atom stereocenters. The minimum absolute atomic E-state index is 0.154. The van der Waals surface area contributed by atoms with Gasteiger partial charge in [0.1, 0.15) is 11.6 Å². The van der Waals surface area contributed by atoms with Crippen molar-refractivity contribution in [2.45, 2.75) is 5.75 Å². The van der Waals surface area contributed by atoms with Crippen molar-refractivity contribution in [3.8, 4) is 0 Å². The molecule has 0 saturated carbocycles. The quantitative estimate of drug-likeness (QED) is 0.629. The number of hydrogen-bond acceptors (Lipinski definition) is 4. The fraction of sp³-hybridized carbons (Fsp3) is 0.167. The fourth-order valence-electron chi connectivity index (χ4n) is 0.667. The second-order valence-corrected chi connectivity index (χ2v) is 3.15. The number of primary amides is 1. The summed E-state index contributed by atoms with van der Waals surface area (Å²) in [5.41, 5.74) is 5.11. The lowest BCUT2D eigenvalue weighted by molar-refractivity contribution is 0.0999. The van der Waals surface area contributed by atoms with Crippen LogP contribution >= 0.6 is 0 Å². The zero-order valence-corrected chi connectivity index (χ0v) is 7.32. The standard InChI is InChI=1S/C6H7N3O3S/c7-6(10)4-1-8-5(9-2-4)3-13(11)12/h1-2H,3H2,(H2,7,10)(H,11,12). The smallest absolute Gasteiger partial charge is 0.251 e. The monoisotopic (exact) mass is 201 g/mol. The van der Waals surface area contributed by atoms with Crippen LogP contribution in [0.4, 0.5) is 0 Å². The highest BCUT2D eigenvalue weighted by atomic mass is 32.2. The number of carbonyl (C=O) groups is 1. The van der Waals surface area contributed by atoms with Crippen LogP contribution in [0.25, 0.3) is 0 Å². The maximum atomic E-state index is 10.6. The van der Waals surface area contributed by atoms with Crippen molar-refractivity contribution in [2.24, 2.45) is 5.73 Å². The average molecular weight is 201 g/mol. The minimum Gasteiger partial charge on any atom is -0.366 e. The maximum absolute atomic E-state index is 10.6. The van der Waals surface area contributed by atoms with Gasteiger partial charge in [-0.1, -0.05) is 0 Å². The van der Waals surface area contributed by atoms with Gasteiger partial charge in [-0.25, -0.2) is 14.2 Å². The van der Waals surface area contributed by atoms with Gasteiger partial charge in [-0.15, -0.1) is 0 Å². The molecule has 0 aliphatic rings. The molecule has 1 aromatic heterocycles. The van der Waals surface area contributed by atoms with E-state index in [2.05, 4.69) is 9.97 Å². The van der Waals surface area contributed by atoms with Crippen LogP contribution in [0.1, 0.15) is 16.2 Å². The van der Waals surface area contributed by atoms with Gasteiger partial charge in [-0.2, -0.15) is 0 Å². The van der Waals surface area contributed by atoms with Crippen molar-refractivity contribution < 1.29 is 13.6 Å². The Morgan fingerprint density at radius 1 is 1.54 bits per heavy atom. The van der Waals surface area contributed by atoms with Gasteiger partial charge in [-0.3, -0.25) is 4.79 Å². The van der Waals surface area contributed by atoms with Crippen molar-refractivity contribution in [1.82, 2.24) is 9.97 Å². The molecule has 1 aromatic rings. The van der Waals surface area contributed by atoms with Gasteiger partial charge < -0.3 is 10.3 Å². The van der Waals surface area contributed by atoms with Crippen LogP contribution in [0.3, 0.4) is 0 Å². The molecule has 0 fully saturated rings. The third-order valence-corrected chi connectivity index (χ3v) is 1.75. The molecule has 0 aliphatic heterocycles. The van der Waals surface area contributed by atoms with Gasteiger partial charge >= 0.3 is 0 Å². The molecule has 3 N–H and O–H groups in total. The van der Waals surface area contributed by atoms with Gasteiger partial charge in [0.2, 0.25) is 0 Å². The van der Waals surface area contributed by atoms with Crippen molar-refractivity contribution >= 4 is 17.0 Å². The Labute approximate surface area is 76.5 Å².